The van der Waals surface area contributed by atoms with Gasteiger partial charge in [0.05, 0.1) is 19.5 Å². The topological polar surface area (TPSA) is 52.6 Å². The van der Waals surface area contributed by atoms with Crippen LogP contribution < -0.4 is 4.74 Å². The van der Waals surface area contributed by atoms with Crippen molar-refractivity contribution < 1.29 is 17.3 Å². The summed E-state index contributed by atoms with van der Waals surface area (Å²) < 4.78 is 33.3. The highest BCUT2D eigenvalue weighted by molar-refractivity contribution is 7.85. The van der Waals surface area contributed by atoms with Crippen LogP contribution in [0, 0.1) is 0 Å². The zero-order valence-electron chi connectivity index (χ0n) is 13.4. The van der Waals surface area contributed by atoms with Gasteiger partial charge in [-0.05, 0) is 48.4 Å². The normalized spacial score (nSPS) is 12.8. The lowest BCUT2D eigenvalue weighted by molar-refractivity contribution is 0.248. The Morgan fingerprint density at radius 2 is 1.64 bits per heavy atom. The molecule has 8 heteroatoms. The molecule has 0 aliphatic rings. The van der Waals surface area contributed by atoms with Gasteiger partial charge in [-0.25, -0.2) is 0 Å². The molecule has 0 aliphatic carbocycles. The lowest BCUT2D eigenvalue weighted by atomic mass is 9.97. The van der Waals surface area contributed by atoms with Crippen LogP contribution in [0.4, 0.5) is 0 Å². The van der Waals surface area contributed by atoms with Gasteiger partial charge in [-0.1, -0.05) is 40.9 Å². The first-order chi connectivity index (χ1) is 11.7. The van der Waals surface area contributed by atoms with Crippen LogP contribution in [0.5, 0.6) is 5.75 Å². The number of ether oxygens (including phenoxy) is 1. The van der Waals surface area contributed by atoms with Crippen LogP contribution in [0.1, 0.15) is 17.9 Å². The molecule has 2 aromatic carbocycles. The Kier molecular flexibility index (Phi) is 7.40. The summed E-state index contributed by atoms with van der Waals surface area (Å²) in [5, 5.41) is 1.59. The van der Waals surface area contributed by atoms with Crippen LogP contribution in [-0.2, 0) is 14.3 Å². The maximum Gasteiger partial charge on any atom is 0.264 e. The van der Waals surface area contributed by atoms with Crippen molar-refractivity contribution in [1.82, 2.24) is 0 Å². The van der Waals surface area contributed by atoms with Crippen LogP contribution in [-0.4, -0.2) is 27.9 Å². The molecule has 0 unspecified atom stereocenters. The summed E-state index contributed by atoms with van der Waals surface area (Å²) in [6.45, 7) is 0.336. The summed E-state index contributed by atoms with van der Waals surface area (Å²) in [7, 11) is -3.55. The van der Waals surface area contributed by atoms with E-state index in [-0.39, 0.29) is 12.5 Å². The summed E-state index contributed by atoms with van der Waals surface area (Å²) in [5.74, 6) is 0.418. The highest BCUT2D eigenvalue weighted by Crippen LogP contribution is 2.30. The fourth-order valence-electron chi connectivity index (χ4n) is 2.22. The predicted octanol–water partition coefficient (Wildman–Crippen LogP) is 5.18. The molecule has 0 bridgehead atoms. The van der Waals surface area contributed by atoms with Gasteiger partial charge in [0.2, 0.25) is 0 Å². The first-order valence-electron chi connectivity index (χ1n) is 7.42. The molecule has 0 saturated carbocycles. The van der Waals surface area contributed by atoms with Gasteiger partial charge in [-0.2, -0.15) is 8.42 Å². The third kappa shape index (κ3) is 7.04. The van der Waals surface area contributed by atoms with E-state index < -0.39 is 10.1 Å². The molecular weight excluding hydrogens is 407 g/mol. The van der Waals surface area contributed by atoms with Gasteiger partial charge in [-0.15, -0.1) is 0 Å². The number of hydrogen-bond donors (Lipinski definition) is 0. The number of rotatable bonds is 8. The first kappa shape index (κ1) is 20.3. The monoisotopic (exact) mass is 422 g/mol. The van der Waals surface area contributed by atoms with Gasteiger partial charge in [0.1, 0.15) is 5.75 Å². The molecule has 0 fully saturated rings. The molecular formula is C17H17Cl3O4S. The van der Waals surface area contributed by atoms with E-state index >= 15 is 0 Å². The van der Waals surface area contributed by atoms with Crippen molar-refractivity contribution in [3.63, 3.8) is 0 Å². The van der Waals surface area contributed by atoms with Gasteiger partial charge in [-0.3, -0.25) is 4.18 Å². The van der Waals surface area contributed by atoms with Gasteiger partial charge in [0, 0.05) is 21.0 Å². The van der Waals surface area contributed by atoms with E-state index in [4.69, 9.17) is 43.7 Å². The van der Waals surface area contributed by atoms with Crippen LogP contribution >= 0.6 is 34.8 Å². The smallest absolute Gasteiger partial charge is 0.264 e. The SMILES string of the molecule is CS(=O)(=O)OC[C@@H](CCOc1ccc(Cl)cc1)c1ccc(Cl)cc1Cl. The first-order valence-corrected chi connectivity index (χ1v) is 10.4. The molecule has 0 spiro atoms. The van der Waals surface area contributed by atoms with Crippen molar-refractivity contribution in [2.24, 2.45) is 0 Å². The van der Waals surface area contributed by atoms with Crippen LogP contribution in [0.15, 0.2) is 42.5 Å². The second kappa shape index (κ2) is 9.10. The third-order valence-corrected chi connectivity index (χ3v) is 4.81. The van der Waals surface area contributed by atoms with Crippen molar-refractivity contribution in [3.05, 3.63) is 63.1 Å². The second-order valence-corrected chi connectivity index (χ2v) is 8.37. The summed E-state index contributed by atoms with van der Waals surface area (Å²) in [4.78, 5) is 0. The van der Waals surface area contributed by atoms with E-state index in [0.29, 0.717) is 33.8 Å². The average molecular weight is 424 g/mol. The fourth-order valence-corrected chi connectivity index (χ4v) is 3.32. The Labute approximate surface area is 162 Å². The molecule has 2 aromatic rings. The average Bonchev–Trinajstić information content (AvgIpc) is 2.52. The zero-order valence-corrected chi connectivity index (χ0v) is 16.5. The van der Waals surface area contributed by atoms with Crippen LogP contribution in [0.25, 0.3) is 0 Å². The van der Waals surface area contributed by atoms with E-state index in [2.05, 4.69) is 0 Å². The molecule has 0 N–H and O–H groups in total. The fraction of sp³-hybridized carbons (Fsp3) is 0.294. The second-order valence-electron chi connectivity index (χ2n) is 5.44. The van der Waals surface area contributed by atoms with E-state index in [9.17, 15) is 8.42 Å². The molecule has 0 saturated heterocycles. The summed E-state index contributed by atoms with van der Waals surface area (Å²) >= 11 is 18.0. The van der Waals surface area contributed by atoms with E-state index in [0.717, 1.165) is 11.8 Å². The highest BCUT2D eigenvalue weighted by Gasteiger charge is 2.18. The number of hydrogen-bond acceptors (Lipinski definition) is 4. The van der Waals surface area contributed by atoms with Crippen LogP contribution in [0.2, 0.25) is 15.1 Å². The Morgan fingerprint density at radius 3 is 2.24 bits per heavy atom. The minimum absolute atomic E-state index is 0.0236. The lowest BCUT2D eigenvalue weighted by Crippen LogP contribution is -2.15. The molecule has 25 heavy (non-hydrogen) atoms. The number of benzene rings is 2. The van der Waals surface area contributed by atoms with Crippen LogP contribution in [0.3, 0.4) is 0 Å². The summed E-state index contributed by atoms with van der Waals surface area (Å²) in [6.07, 6.45) is 1.53. The maximum atomic E-state index is 11.3. The van der Waals surface area contributed by atoms with E-state index in [1.165, 1.54) is 0 Å². The van der Waals surface area contributed by atoms with Gasteiger partial charge < -0.3 is 4.74 Å². The minimum atomic E-state index is -3.55. The van der Waals surface area contributed by atoms with Crippen molar-refractivity contribution in [2.75, 3.05) is 19.5 Å². The Bertz CT molecular complexity index is 807. The van der Waals surface area contributed by atoms with E-state index in [1.54, 1.807) is 42.5 Å². The Morgan fingerprint density at radius 1 is 1.00 bits per heavy atom. The number of halogens is 3. The summed E-state index contributed by atoms with van der Waals surface area (Å²) in [5.41, 5.74) is 0.759. The molecule has 0 amide bonds. The molecule has 0 aromatic heterocycles. The summed E-state index contributed by atoms with van der Waals surface area (Å²) in [6, 6.07) is 12.1. The van der Waals surface area contributed by atoms with Crippen molar-refractivity contribution in [1.29, 1.82) is 0 Å². The predicted molar refractivity (Wildman–Crippen MR) is 102 cm³/mol. The van der Waals surface area contributed by atoms with Crippen molar-refractivity contribution >= 4 is 44.9 Å². The zero-order chi connectivity index (χ0) is 18.4. The maximum absolute atomic E-state index is 11.3. The van der Waals surface area contributed by atoms with Gasteiger partial charge >= 0.3 is 0 Å². The largest absolute Gasteiger partial charge is 0.494 e. The van der Waals surface area contributed by atoms with Crippen molar-refractivity contribution in [2.45, 2.75) is 12.3 Å². The van der Waals surface area contributed by atoms with E-state index in [1.807, 2.05) is 0 Å². The molecule has 1 atom stereocenters. The minimum Gasteiger partial charge on any atom is -0.494 e. The van der Waals surface area contributed by atoms with Gasteiger partial charge in [0.25, 0.3) is 10.1 Å². The molecule has 136 valence electrons. The quantitative estimate of drug-likeness (QED) is 0.549. The standard InChI is InChI=1S/C17H17Cl3O4S/c1-25(21,22)24-11-12(16-7-4-14(19)10-17(16)20)8-9-23-15-5-2-13(18)3-6-15/h2-7,10,12H,8-9,11H2,1H3/t12-/m1/s1. The lowest BCUT2D eigenvalue weighted by Gasteiger charge is -2.19. The third-order valence-electron chi connectivity index (χ3n) is 3.43. The molecule has 0 aliphatic heterocycles. The molecule has 0 heterocycles. The molecule has 2 rings (SSSR count). The van der Waals surface area contributed by atoms with Crippen molar-refractivity contribution in [3.8, 4) is 5.75 Å². The molecule has 4 nitrogen and oxygen atoms in total. The Hall–Kier alpha value is -0.980. The highest BCUT2D eigenvalue weighted by atomic mass is 35.5. The van der Waals surface area contributed by atoms with Gasteiger partial charge in [0.15, 0.2) is 0 Å². The Balaban J connectivity index is 2.06. The molecule has 0 radical (unpaired) electrons.